The molecule has 88 valence electrons. The van der Waals surface area contributed by atoms with Crippen LogP contribution in [-0.4, -0.2) is 33.6 Å². The Morgan fingerprint density at radius 1 is 1.62 bits per heavy atom. The highest BCUT2D eigenvalue weighted by atomic mass is 16.4. The zero-order chi connectivity index (χ0) is 11.5. The zero-order valence-corrected chi connectivity index (χ0v) is 9.59. The molecule has 2 rings (SSSR count). The fourth-order valence-electron chi connectivity index (χ4n) is 2.29. The lowest BCUT2D eigenvalue weighted by molar-refractivity contribution is -0.143. The summed E-state index contributed by atoms with van der Waals surface area (Å²) in [6.45, 7) is 2.54. The van der Waals surface area contributed by atoms with Gasteiger partial charge in [-0.2, -0.15) is 0 Å². The van der Waals surface area contributed by atoms with Crippen molar-refractivity contribution in [2.24, 2.45) is 13.0 Å². The summed E-state index contributed by atoms with van der Waals surface area (Å²) in [5.74, 6) is -0.842. The maximum absolute atomic E-state index is 10.9. The molecule has 0 aromatic carbocycles. The standard InChI is InChI=1S/C12H18N2O2/c1-13-6-3-5-11(13)9-14-7-2-4-10(8-14)12(15)16/h3,5-6,10H,2,4,7-9H2,1H3,(H,15,16)/t10-/m0/s1. The highest BCUT2D eigenvalue weighted by Gasteiger charge is 2.25. The maximum atomic E-state index is 10.9. The minimum absolute atomic E-state index is 0.186. The molecular formula is C12H18N2O2. The first-order valence-electron chi connectivity index (χ1n) is 5.72. The van der Waals surface area contributed by atoms with Gasteiger partial charge in [-0.25, -0.2) is 0 Å². The monoisotopic (exact) mass is 222 g/mol. The summed E-state index contributed by atoms with van der Waals surface area (Å²) < 4.78 is 2.09. The highest BCUT2D eigenvalue weighted by Crippen LogP contribution is 2.18. The molecule has 1 aliphatic heterocycles. The van der Waals surface area contributed by atoms with E-state index in [1.807, 2.05) is 19.3 Å². The minimum atomic E-state index is -0.656. The van der Waals surface area contributed by atoms with Crippen molar-refractivity contribution in [1.82, 2.24) is 9.47 Å². The Labute approximate surface area is 95.5 Å². The molecule has 2 heterocycles. The second-order valence-corrected chi connectivity index (χ2v) is 4.52. The number of carboxylic acids is 1. The summed E-state index contributed by atoms with van der Waals surface area (Å²) in [6.07, 6.45) is 3.83. The third-order valence-corrected chi connectivity index (χ3v) is 3.29. The number of carboxylic acid groups (broad SMARTS) is 1. The smallest absolute Gasteiger partial charge is 0.307 e. The van der Waals surface area contributed by atoms with E-state index in [1.165, 1.54) is 5.69 Å². The van der Waals surface area contributed by atoms with Crippen LogP contribution >= 0.6 is 0 Å². The number of hydrogen-bond acceptors (Lipinski definition) is 2. The fraction of sp³-hybridized carbons (Fsp3) is 0.583. The molecule has 4 nitrogen and oxygen atoms in total. The van der Waals surface area contributed by atoms with Crippen molar-refractivity contribution in [1.29, 1.82) is 0 Å². The molecule has 1 atom stereocenters. The van der Waals surface area contributed by atoms with Crippen LogP contribution in [0.4, 0.5) is 0 Å². The summed E-state index contributed by atoms with van der Waals surface area (Å²) >= 11 is 0. The van der Waals surface area contributed by atoms with E-state index in [4.69, 9.17) is 5.11 Å². The number of piperidine rings is 1. The molecule has 0 saturated carbocycles. The predicted octanol–water partition coefficient (Wildman–Crippen LogP) is 1.32. The van der Waals surface area contributed by atoms with Gasteiger partial charge < -0.3 is 9.67 Å². The lowest BCUT2D eigenvalue weighted by Gasteiger charge is -2.30. The molecule has 1 fully saturated rings. The quantitative estimate of drug-likeness (QED) is 0.839. The Bertz CT molecular complexity index is 373. The van der Waals surface area contributed by atoms with Gasteiger partial charge in [-0.1, -0.05) is 0 Å². The van der Waals surface area contributed by atoms with Gasteiger partial charge in [0.2, 0.25) is 0 Å². The van der Waals surface area contributed by atoms with Crippen LogP contribution in [0.3, 0.4) is 0 Å². The number of likely N-dealkylation sites (tertiary alicyclic amines) is 1. The molecule has 0 amide bonds. The molecule has 1 aliphatic rings. The molecule has 0 radical (unpaired) electrons. The number of hydrogen-bond donors (Lipinski definition) is 1. The summed E-state index contributed by atoms with van der Waals surface area (Å²) in [5.41, 5.74) is 1.24. The van der Waals surface area contributed by atoms with Gasteiger partial charge in [0.1, 0.15) is 0 Å². The van der Waals surface area contributed by atoms with E-state index in [-0.39, 0.29) is 5.92 Å². The van der Waals surface area contributed by atoms with Gasteiger partial charge in [-0.15, -0.1) is 0 Å². The Morgan fingerprint density at radius 3 is 3.06 bits per heavy atom. The van der Waals surface area contributed by atoms with Gasteiger partial charge in [-0.3, -0.25) is 9.69 Å². The molecule has 4 heteroatoms. The molecule has 1 aromatic rings. The summed E-state index contributed by atoms with van der Waals surface area (Å²) in [5, 5.41) is 9.00. The van der Waals surface area contributed by atoms with Crippen molar-refractivity contribution in [2.75, 3.05) is 13.1 Å². The van der Waals surface area contributed by atoms with Crippen LogP contribution in [0.25, 0.3) is 0 Å². The normalized spacial score (nSPS) is 22.2. The van der Waals surface area contributed by atoms with E-state index < -0.39 is 5.97 Å². The average molecular weight is 222 g/mol. The number of aryl methyl sites for hydroxylation is 1. The van der Waals surface area contributed by atoms with E-state index in [0.29, 0.717) is 6.54 Å². The van der Waals surface area contributed by atoms with Crippen LogP contribution in [0.2, 0.25) is 0 Å². The van der Waals surface area contributed by atoms with Crippen LogP contribution in [0.1, 0.15) is 18.5 Å². The van der Waals surface area contributed by atoms with E-state index in [2.05, 4.69) is 15.5 Å². The lowest BCUT2D eigenvalue weighted by Crippen LogP contribution is -2.38. The SMILES string of the molecule is Cn1cccc1CN1CCC[C@H](C(=O)O)C1. The van der Waals surface area contributed by atoms with Crippen LogP contribution in [0.5, 0.6) is 0 Å². The third kappa shape index (κ3) is 2.44. The van der Waals surface area contributed by atoms with Crippen LogP contribution in [-0.2, 0) is 18.4 Å². The van der Waals surface area contributed by atoms with E-state index in [1.54, 1.807) is 0 Å². The number of aliphatic carboxylic acids is 1. The van der Waals surface area contributed by atoms with E-state index in [0.717, 1.165) is 25.9 Å². The summed E-state index contributed by atoms with van der Waals surface area (Å²) in [7, 11) is 2.02. The van der Waals surface area contributed by atoms with Crippen molar-refractivity contribution in [3.8, 4) is 0 Å². The topological polar surface area (TPSA) is 45.5 Å². The zero-order valence-electron chi connectivity index (χ0n) is 9.59. The van der Waals surface area contributed by atoms with Crippen molar-refractivity contribution in [3.05, 3.63) is 24.0 Å². The first-order chi connectivity index (χ1) is 7.66. The number of rotatable bonds is 3. The van der Waals surface area contributed by atoms with Crippen LogP contribution in [0, 0.1) is 5.92 Å². The van der Waals surface area contributed by atoms with Crippen LogP contribution < -0.4 is 0 Å². The average Bonchev–Trinajstić information content (AvgIpc) is 2.65. The third-order valence-electron chi connectivity index (χ3n) is 3.29. The molecule has 0 unspecified atom stereocenters. The second kappa shape index (κ2) is 4.70. The maximum Gasteiger partial charge on any atom is 0.307 e. The molecule has 0 bridgehead atoms. The molecule has 1 N–H and O–H groups in total. The Hall–Kier alpha value is -1.29. The molecule has 16 heavy (non-hydrogen) atoms. The second-order valence-electron chi connectivity index (χ2n) is 4.52. The first kappa shape index (κ1) is 11.2. The summed E-state index contributed by atoms with van der Waals surface area (Å²) in [4.78, 5) is 13.2. The minimum Gasteiger partial charge on any atom is -0.481 e. The van der Waals surface area contributed by atoms with Gasteiger partial charge in [0.05, 0.1) is 5.92 Å². The molecule has 1 aromatic heterocycles. The summed E-state index contributed by atoms with van der Waals surface area (Å²) in [6, 6.07) is 4.11. The Kier molecular flexibility index (Phi) is 3.29. The van der Waals surface area contributed by atoms with Gasteiger partial charge >= 0.3 is 5.97 Å². The molecular weight excluding hydrogens is 204 g/mol. The van der Waals surface area contributed by atoms with E-state index >= 15 is 0 Å². The Morgan fingerprint density at radius 2 is 2.44 bits per heavy atom. The van der Waals surface area contributed by atoms with Crippen molar-refractivity contribution in [2.45, 2.75) is 19.4 Å². The van der Waals surface area contributed by atoms with Crippen molar-refractivity contribution < 1.29 is 9.90 Å². The van der Waals surface area contributed by atoms with Gasteiger partial charge in [0.25, 0.3) is 0 Å². The molecule has 1 saturated heterocycles. The van der Waals surface area contributed by atoms with Gasteiger partial charge in [0, 0.05) is 32.0 Å². The van der Waals surface area contributed by atoms with Crippen molar-refractivity contribution in [3.63, 3.8) is 0 Å². The van der Waals surface area contributed by atoms with Gasteiger partial charge in [0.15, 0.2) is 0 Å². The van der Waals surface area contributed by atoms with E-state index in [9.17, 15) is 4.79 Å². The van der Waals surface area contributed by atoms with Crippen molar-refractivity contribution >= 4 is 5.97 Å². The molecule has 0 aliphatic carbocycles. The first-order valence-corrected chi connectivity index (χ1v) is 5.72. The predicted molar refractivity (Wildman–Crippen MR) is 61.0 cm³/mol. The highest BCUT2D eigenvalue weighted by molar-refractivity contribution is 5.70. The number of aromatic nitrogens is 1. The lowest BCUT2D eigenvalue weighted by atomic mass is 9.98. The van der Waals surface area contributed by atoms with Crippen LogP contribution in [0.15, 0.2) is 18.3 Å². The largest absolute Gasteiger partial charge is 0.481 e. The Balaban J connectivity index is 1.95. The molecule has 0 spiro atoms. The van der Waals surface area contributed by atoms with Gasteiger partial charge in [-0.05, 0) is 31.5 Å². The number of nitrogens with zero attached hydrogens (tertiary/aromatic N) is 2. The fourth-order valence-corrected chi connectivity index (χ4v) is 2.29. The number of carbonyl (C=O) groups is 1.